The number of anilines is 1. The number of amides is 2. The Labute approximate surface area is 151 Å². The number of fused-ring (bicyclic) bond motifs is 1. The fourth-order valence-electron chi connectivity index (χ4n) is 3.04. The van der Waals surface area contributed by atoms with Crippen molar-refractivity contribution >= 4 is 27.5 Å². The molecule has 1 heterocycles. The first kappa shape index (κ1) is 18.1. The molecule has 0 aliphatic carbocycles. The number of benzene rings is 2. The number of carbonyl (C=O) groups is 2. The van der Waals surface area contributed by atoms with Crippen LogP contribution in [0.5, 0.6) is 0 Å². The van der Waals surface area contributed by atoms with Gasteiger partial charge in [-0.3, -0.25) is 9.59 Å². The highest BCUT2D eigenvalue weighted by Crippen LogP contribution is 2.29. The summed E-state index contributed by atoms with van der Waals surface area (Å²) in [6, 6.07) is 12.3. The maximum atomic E-state index is 13.1. The van der Waals surface area contributed by atoms with E-state index in [0.717, 1.165) is 15.4 Å². The molecule has 2 aromatic carbocycles. The third kappa shape index (κ3) is 3.47. The van der Waals surface area contributed by atoms with E-state index in [9.17, 15) is 18.0 Å². The van der Waals surface area contributed by atoms with Crippen LogP contribution in [0, 0.1) is 0 Å². The van der Waals surface area contributed by atoms with Crippen molar-refractivity contribution in [3.05, 3.63) is 59.7 Å². The fraction of sp³-hybridized carbons (Fsp3) is 0.222. The largest absolute Gasteiger partial charge is 0.368 e. The molecule has 3 rings (SSSR count). The third-order valence-corrected chi connectivity index (χ3v) is 6.18. The molecule has 0 bridgehead atoms. The molecule has 0 aromatic heterocycles. The molecule has 0 saturated carbocycles. The van der Waals surface area contributed by atoms with Gasteiger partial charge in [0.05, 0.1) is 4.90 Å². The van der Waals surface area contributed by atoms with E-state index in [-0.39, 0.29) is 23.8 Å². The molecule has 0 radical (unpaired) electrons. The Kier molecular flexibility index (Phi) is 4.80. The van der Waals surface area contributed by atoms with Crippen molar-refractivity contribution in [1.29, 1.82) is 0 Å². The van der Waals surface area contributed by atoms with Crippen LogP contribution < -0.4 is 11.1 Å². The number of nitrogens with two attached hydrogens (primary N) is 1. The third-order valence-electron chi connectivity index (χ3n) is 4.32. The Morgan fingerprint density at radius 3 is 2.27 bits per heavy atom. The van der Waals surface area contributed by atoms with E-state index in [4.69, 9.17) is 5.73 Å². The fourth-order valence-corrected chi connectivity index (χ4v) is 4.62. The molecular formula is C18H19N3O4S. The summed E-state index contributed by atoms with van der Waals surface area (Å²) in [5.41, 5.74) is 7.74. The van der Waals surface area contributed by atoms with Gasteiger partial charge in [0.15, 0.2) is 0 Å². The van der Waals surface area contributed by atoms with Crippen LogP contribution in [0.25, 0.3) is 0 Å². The molecule has 0 saturated heterocycles. The molecule has 26 heavy (non-hydrogen) atoms. The predicted octanol–water partition coefficient (Wildman–Crippen LogP) is 1.25. The molecule has 0 unspecified atom stereocenters. The van der Waals surface area contributed by atoms with Gasteiger partial charge in [0.1, 0.15) is 6.04 Å². The van der Waals surface area contributed by atoms with Crippen LogP contribution in [0.2, 0.25) is 0 Å². The highest BCUT2D eigenvalue weighted by atomic mass is 32.2. The van der Waals surface area contributed by atoms with E-state index in [0.29, 0.717) is 5.69 Å². The van der Waals surface area contributed by atoms with Crippen LogP contribution in [0.4, 0.5) is 5.69 Å². The van der Waals surface area contributed by atoms with Gasteiger partial charge in [-0.25, -0.2) is 8.42 Å². The summed E-state index contributed by atoms with van der Waals surface area (Å²) in [7, 11) is -3.92. The lowest BCUT2D eigenvalue weighted by molar-refractivity contribution is -0.122. The Morgan fingerprint density at radius 1 is 1.08 bits per heavy atom. The molecule has 1 aliphatic rings. The highest BCUT2D eigenvalue weighted by molar-refractivity contribution is 7.89. The monoisotopic (exact) mass is 373 g/mol. The molecule has 8 heteroatoms. The second kappa shape index (κ2) is 6.89. The molecule has 136 valence electrons. The Bertz CT molecular complexity index is 955. The van der Waals surface area contributed by atoms with Gasteiger partial charge in [-0.1, -0.05) is 24.3 Å². The molecule has 0 fully saturated rings. The lowest BCUT2D eigenvalue weighted by atomic mass is 9.96. The average molecular weight is 373 g/mol. The number of hydrogen-bond donors (Lipinski definition) is 2. The number of carbonyl (C=O) groups excluding carboxylic acids is 2. The second-order valence-corrected chi connectivity index (χ2v) is 8.04. The molecular weight excluding hydrogens is 354 g/mol. The second-order valence-electron chi connectivity index (χ2n) is 6.15. The summed E-state index contributed by atoms with van der Waals surface area (Å²) in [4.78, 5) is 23.0. The SMILES string of the molecule is CC(=O)Nc1ccc(S(=O)(=O)N2Cc3ccccc3C[C@@H]2C(N)=O)cc1. The number of nitrogens with one attached hydrogen (secondary N) is 1. The minimum atomic E-state index is -3.92. The van der Waals surface area contributed by atoms with Gasteiger partial charge in [0.25, 0.3) is 0 Å². The van der Waals surface area contributed by atoms with Gasteiger partial charge < -0.3 is 11.1 Å². The van der Waals surface area contributed by atoms with Gasteiger partial charge in [0.2, 0.25) is 21.8 Å². The molecule has 1 aliphatic heterocycles. The van der Waals surface area contributed by atoms with Crippen molar-refractivity contribution in [3.8, 4) is 0 Å². The lowest BCUT2D eigenvalue weighted by Crippen LogP contribution is -2.50. The first-order valence-corrected chi connectivity index (χ1v) is 9.48. The molecule has 7 nitrogen and oxygen atoms in total. The van der Waals surface area contributed by atoms with Crippen molar-refractivity contribution in [1.82, 2.24) is 4.31 Å². The number of hydrogen-bond acceptors (Lipinski definition) is 4. The number of nitrogens with zero attached hydrogens (tertiary/aromatic N) is 1. The van der Waals surface area contributed by atoms with Gasteiger partial charge in [0, 0.05) is 19.2 Å². The topological polar surface area (TPSA) is 110 Å². The summed E-state index contributed by atoms with van der Waals surface area (Å²) < 4.78 is 27.3. The van der Waals surface area contributed by atoms with E-state index in [2.05, 4.69) is 5.32 Å². The summed E-state index contributed by atoms with van der Waals surface area (Å²) in [6.45, 7) is 1.45. The molecule has 2 amide bonds. The predicted molar refractivity (Wildman–Crippen MR) is 96.6 cm³/mol. The zero-order valence-electron chi connectivity index (χ0n) is 14.2. The minimum Gasteiger partial charge on any atom is -0.368 e. The first-order valence-electron chi connectivity index (χ1n) is 8.04. The summed E-state index contributed by atoms with van der Waals surface area (Å²) in [5.74, 6) is -0.931. The van der Waals surface area contributed by atoms with E-state index >= 15 is 0 Å². The maximum absolute atomic E-state index is 13.1. The van der Waals surface area contributed by atoms with Crippen LogP contribution in [0.15, 0.2) is 53.4 Å². The smallest absolute Gasteiger partial charge is 0.244 e. The molecule has 0 spiro atoms. The zero-order chi connectivity index (χ0) is 18.9. The summed E-state index contributed by atoms with van der Waals surface area (Å²) in [6.07, 6.45) is 0.245. The molecule has 2 aromatic rings. The Hall–Kier alpha value is -2.71. The van der Waals surface area contributed by atoms with Gasteiger partial charge in [-0.05, 0) is 41.8 Å². The average Bonchev–Trinajstić information content (AvgIpc) is 2.60. The molecule has 1 atom stereocenters. The van der Waals surface area contributed by atoms with E-state index in [1.807, 2.05) is 24.3 Å². The number of primary amides is 1. The Balaban J connectivity index is 1.96. The normalized spacial score (nSPS) is 17.3. The van der Waals surface area contributed by atoms with E-state index in [1.54, 1.807) is 0 Å². The van der Waals surface area contributed by atoms with Crippen LogP contribution in [0.3, 0.4) is 0 Å². The first-order chi connectivity index (χ1) is 12.3. The van der Waals surface area contributed by atoms with Crippen molar-refractivity contribution in [3.63, 3.8) is 0 Å². The van der Waals surface area contributed by atoms with Crippen LogP contribution in [-0.2, 0) is 32.6 Å². The summed E-state index contributed by atoms with van der Waals surface area (Å²) in [5, 5.41) is 2.58. The van der Waals surface area contributed by atoms with E-state index < -0.39 is 22.0 Å². The highest BCUT2D eigenvalue weighted by Gasteiger charge is 2.38. The van der Waals surface area contributed by atoms with Crippen molar-refractivity contribution < 1.29 is 18.0 Å². The van der Waals surface area contributed by atoms with Crippen LogP contribution in [-0.4, -0.2) is 30.6 Å². The van der Waals surface area contributed by atoms with Crippen molar-refractivity contribution in [2.24, 2.45) is 5.73 Å². The Morgan fingerprint density at radius 2 is 1.69 bits per heavy atom. The van der Waals surface area contributed by atoms with Gasteiger partial charge in [-0.2, -0.15) is 4.31 Å². The summed E-state index contributed by atoms with van der Waals surface area (Å²) >= 11 is 0. The van der Waals surface area contributed by atoms with E-state index in [1.165, 1.54) is 31.2 Å². The minimum absolute atomic E-state index is 0.0391. The maximum Gasteiger partial charge on any atom is 0.244 e. The number of sulfonamides is 1. The quantitative estimate of drug-likeness (QED) is 0.840. The van der Waals surface area contributed by atoms with Gasteiger partial charge >= 0.3 is 0 Å². The number of rotatable bonds is 4. The van der Waals surface area contributed by atoms with Crippen molar-refractivity contribution in [2.75, 3.05) is 5.32 Å². The van der Waals surface area contributed by atoms with Crippen molar-refractivity contribution in [2.45, 2.75) is 30.8 Å². The van der Waals surface area contributed by atoms with Crippen LogP contribution >= 0.6 is 0 Å². The molecule has 3 N–H and O–H groups in total. The van der Waals surface area contributed by atoms with Crippen LogP contribution in [0.1, 0.15) is 18.1 Å². The lowest BCUT2D eigenvalue weighted by Gasteiger charge is -2.34. The standard InChI is InChI=1S/C18H19N3O4S/c1-12(22)20-15-6-8-16(9-7-15)26(24,25)21-11-14-5-3-2-4-13(14)10-17(21)18(19)23/h2-9,17H,10-11H2,1H3,(H2,19,23)(H,20,22)/t17-/m1/s1. The van der Waals surface area contributed by atoms with Gasteiger partial charge in [-0.15, -0.1) is 0 Å². The zero-order valence-corrected chi connectivity index (χ0v) is 15.0.